The van der Waals surface area contributed by atoms with Crippen molar-refractivity contribution in [2.45, 2.75) is 13.0 Å². The third-order valence-electron chi connectivity index (χ3n) is 1.63. The monoisotopic (exact) mass is 197 g/mol. The summed E-state index contributed by atoms with van der Waals surface area (Å²) >= 11 is 0. The van der Waals surface area contributed by atoms with E-state index in [2.05, 4.69) is 15.0 Å². The second-order valence-corrected chi connectivity index (χ2v) is 2.66. The Labute approximate surface area is 80.9 Å². The highest BCUT2D eigenvalue weighted by molar-refractivity contribution is 5.84. The maximum Gasteiger partial charge on any atom is 0.328 e. The summed E-state index contributed by atoms with van der Waals surface area (Å²) in [5.41, 5.74) is 0. The first kappa shape index (κ1) is 10.2. The van der Waals surface area contributed by atoms with Crippen LogP contribution in [0.3, 0.4) is 0 Å². The highest BCUT2D eigenvalue weighted by atomic mass is 16.5. The van der Waals surface area contributed by atoms with E-state index >= 15 is 0 Å². The van der Waals surface area contributed by atoms with Gasteiger partial charge in [0.1, 0.15) is 12.4 Å². The van der Waals surface area contributed by atoms with E-state index in [0.29, 0.717) is 0 Å². The molecule has 1 atom stereocenters. The first-order chi connectivity index (χ1) is 6.65. The van der Waals surface area contributed by atoms with Crippen molar-refractivity contribution in [3.05, 3.63) is 18.7 Å². The van der Waals surface area contributed by atoms with Crippen LogP contribution in [0.4, 0.5) is 4.79 Å². The molecule has 0 spiro atoms. The number of hydrogen-bond acceptors (Lipinski definition) is 4. The smallest absolute Gasteiger partial charge is 0.328 e. The number of nitrogens with one attached hydrogen (secondary N) is 1. The van der Waals surface area contributed by atoms with Gasteiger partial charge in [-0.05, 0) is 6.92 Å². The number of ether oxygens (including phenoxy) is 1. The summed E-state index contributed by atoms with van der Waals surface area (Å²) < 4.78 is 5.69. The van der Waals surface area contributed by atoms with Crippen molar-refractivity contribution < 1.29 is 14.3 Å². The molecule has 0 aliphatic rings. The van der Waals surface area contributed by atoms with Gasteiger partial charge in [0, 0.05) is 12.4 Å². The summed E-state index contributed by atoms with van der Waals surface area (Å²) in [6.07, 6.45) is 4.31. The molecule has 0 saturated heterocycles. The van der Waals surface area contributed by atoms with Gasteiger partial charge in [0.2, 0.25) is 0 Å². The van der Waals surface area contributed by atoms with Gasteiger partial charge < -0.3 is 10.1 Å². The lowest BCUT2D eigenvalue weighted by Crippen LogP contribution is -2.41. The molecule has 14 heavy (non-hydrogen) atoms. The Morgan fingerprint density at radius 3 is 2.79 bits per heavy atom. The Morgan fingerprint density at radius 1 is 1.57 bits per heavy atom. The number of imidazole rings is 1. The normalized spacial score (nSPS) is 11.9. The topological polar surface area (TPSA) is 73.2 Å². The lowest BCUT2D eigenvalue weighted by atomic mass is 10.3. The third kappa shape index (κ3) is 2.32. The van der Waals surface area contributed by atoms with Crippen LogP contribution in [-0.4, -0.2) is 34.7 Å². The van der Waals surface area contributed by atoms with E-state index in [1.165, 1.54) is 30.4 Å². The molecule has 76 valence electrons. The van der Waals surface area contributed by atoms with Crippen molar-refractivity contribution in [1.82, 2.24) is 14.9 Å². The van der Waals surface area contributed by atoms with Crippen LogP contribution in [0.15, 0.2) is 18.7 Å². The van der Waals surface area contributed by atoms with E-state index in [4.69, 9.17) is 0 Å². The first-order valence-corrected chi connectivity index (χ1v) is 4.02. The number of carbonyl (C=O) groups is 2. The molecule has 0 aromatic carbocycles. The molecule has 0 fully saturated rings. The van der Waals surface area contributed by atoms with Gasteiger partial charge in [-0.3, -0.25) is 4.57 Å². The Bertz CT molecular complexity index is 321. The van der Waals surface area contributed by atoms with Crippen molar-refractivity contribution in [3.8, 4) is 0 Å². The van der Waals surface area contributed by atoms with Gasteiger partial charge in [-0.1, -0.05) is 0 Å². The van der Waals surface area contributed by atoms with Gasteiger partial charge in [0.25, 0.3) is 0 Å². The van der Waals surface area contributed by atoms with E-state index in [1.807, 2.05) is 0 Å². The molecular weight excluding hydrogens is 186 g/mol. The van der Waals surface area contributed by atoms with Crippen molar-refractivity contribution in [2.75, 3.05) is 7.11 Å². The summed E-state index contributed by atoms with van der Waals surface area (Å²) in [5, 5.41) is 2.44. The van der Waals surface area contributed by atoms with Gasteiger partial charge in [-0.15, -0.1) is 0 Å². The lowest BCUT2D eigenvalue weighted by molar-refractivity contribution is -0.142. The third-order valence-corrected chi connectivity index (χ3v) is 1.63. The second kappa shape index (κ2) is 4.40. The number of rotatable bonds is 2. The van der Waals surface area contributed by atoms with Crippen LogP contribution < -0.4 is 5.32 Å². The zero-order chi connectivity index (χ0) is 10.6. The van der Waals surface area contributed by atoms with Crippen LogP contribution in [0.5, 0.6) is 0 Å². The fourth-order valence-corrected chi connectivity index (χ4v) is 0.875. The largest absolute Gasteiger partial charge is 0.467 e. The quantitative estimate of drug-likeness (QED) is 0.677. The molecule has 6 nitrogen and oxygen atoms in total. The maximum absolute atomic E-state index is 11.3. The molecule has 0 radical (unpaired) electrons. The average Bonchev–Trinajstić information content (AvgIpc) is 2.69. The Balaban J connectivity index is 2.53. The number of carbonyl (C=O) groups excluding carboxylic acids is 2. The zero-order valence-corrected chi connectivity index (χ0v) is 7.93. The van der Waals surface area contributed by atoms with Gasteiger partial charge in [0.15, 0.2) is 0 Å². The molecule has 1 heterocycles. The number of amides is 1. The van der Waals surface area contributed by atoms with E-state index < -0.39 is 18.0 Å². The molecular formula is C8H11N3O3. The predicted molar refractivity (Wildman–Crippen MR) is 47.6 cm³/mol. The van der Waals surface area contributed by atoms with Crippen molar-refractivity contribution in [2.24, 2.45) is 0 Å². The van der Waals surface area contributed by atoms with Crippen LogP contribution in [0, 0.1) is 0 Å². The number of nitrogens with zero attached hydrogens (tertiary/aromatic N) is 2. The minimum Gasteiger partial charge on any atom is -0.467 e. The van der Waals surface area contributed by atoms with Gasteiger partial charge in [-0.2, -0.15) is 0 Å². The fourth-order valence-electron chi connectivity index (χ4n) is 0.875. The van der Waals surface area contributed by atoms with Crippen molar-refractivity contribution >= 4 is 12.0 Å². The molecule has 1 rings (SSSR count). The van der Waals surface area contributed by atoms with E-state index in [0.717, 1.165) is 0 Å². The Hall–Kier alpha value is -1.85. The molecule has 6 heteroatoms. The average molecular weight is 197 g/mol. The highest BCUT2D eigenvalue weighted by Crippen LogP contribution is 1.89. The molecule has 1 unspecified atom stereocenters. The molecule has 1 amide bonds. The van der Waals surface area contributed by atoms with Crippen LogP contribution >= 0.6 is 0 Å². The molecule has 1 aromatic heterocycles. The summed E-state index contributed by atoms with van der Waals surface area (Å²) in [7, 11) is 1.27. The predicted octanol–water partition coefficient (Wildman–Crippen LogP) is 0.00230. The molecule has 1 aromatic rings. The zero-order valence-electron chi connectivity index (χ0n) is 7.93. The van der Waals surface area contributed by atoms with Crippen LogP contribution in [0.25, 0.3) is 0 Å². The van der Waals surface area contributed by atoms with Crippen molar-refractivity contribution in [1.29, 1.82) is 0 Å². The van der Waals surface area contributed by atoms with Crippen LogP contribution in [-0.2, 0) is 9.53 Å². The Morgan fingerprint density at radius 2 is 2.29 bits per heavy atom. The summed E-state index contributed by atoms with van der Waals surface area (Å²) in [6, 6.07) is -1.09. The minimum absolute atomic E-state index is 0.416. The number of methoxy groups -OCH3 is 1. The van der Waals surface area contributed by atoms with E-state index in [9.17, 15) is 9.59 Å². The fraction of sp³-hybridized carbons (Fsp3) is 0.375. The Kier molecular flexibility index (Phi) is 3.22. The first-order valence-electron chi connectivity index (χ1n) is 4.02. The van der Waals surface area contributed by atoms with Crippen LogP contribution in [0.2, 0.25) is 0 Å². The summed E-state index contributed by atoms with van der Waals surface area (Å²) in [4.78, 5) is 26.0. The number of esters is 1. The molecule has 0 aliphatic heterocycles. The number of hydrogen-bond donors (Lipinski definition) is 1. The SMILES string of the molecule is COC(=O)C(C)NC(=O)n1ccnc1. The van der Waals surface area contributed by atoms with E-state index in [-0.39, 0.29) is 0 Å². The summed E-state index contributed by atoms with van der Waals surface area (Å²) in [5.74, 6) is -0.488. The molecule has 0 bridgehead atoms. The molecule has 0 aliphatic carbocycles. The standard InChI is InChI=1S/C8H11N3O3/c1-6(7(12)14-2)10-8(13)11-4-3-9-5-11/h3-6H,1-2H3,(H,10,13). The maximum atomic E-state index is 11.3. The van der Waals surface area contributed by atoms with Gasteiger partial charge in [0.05, 0.1) is 7.11 Å². The minimum atomic E-state index is -0.671. The van der Waals surface area contributed by atoms with Gasteiger partial charge >= 0.3 is 12.0 Å². The molecule has 1 N–H and O–H groups in total. The number of aromatic nitrogens is 2. The van der Waals surface area contributed by atoms with Crippen molar-refractivity contribution in [3.63, 3.8) is 0 Å². The molecule has 0 saturated carbocycles. The van der Waals surface area contributed by atoms with E-state index in [1.54, 1.807) is 6.92 Å². The highest BCUT2D eigenvalue weighted by Gasteiger charge is 2.15. The second-order valence-electron chi connectivity index (χ2n) is 2.66. The lowest BCUT2D eigenvalue weighted by Gasteiger charge is -2.10. The van der Waals surface area contributed by atoms with Gasteiger partial charge in [-0.25, -0.2) is 14.6 Å². The summed E-state index contributed by atoms with van der Waals surface area (Å²) in [6.45, 7) is 1.54. The van der Waals surface area contributed by atoms with Crippen LogP contribution in [0.1, 0.15) is 6.92 Å².